The third-order valence-electron chi connectivity index (χ3n) is 2.38. The van der Waals surface area contributed by atoms with Crippen LogP contribution in [0, 0.1) is 3.57 Å². The van der Waals surface area contributed by atoms with Crippen LogP contribution >= 0.6 is 34.2 Å². The highest BCUT2D eigenvalue weighted by molar-refractivity contribution is 14.1. The molecule has 1 amide bonds. The summed E-state index contributed by atoms with van der Waals surface area (Å²) in [7, 11) is 0. The van der Waals surface area contributed by atoms with Crippen molar-refractivity contribution in [3.8, 4) is 0 Å². The molecule has 0 saturated carbocycles. The van der Waals surface area contributed by atoms with Crippen LogP contribution in [0.25, 0.3) is 0 Å². The second-order valence-corrected chi connectivity index (χ2v) is 5.26. The van der Waals surface area contributed by atoms with Crippen molar-refractivity contribution in [3.63, 3.8) is 0 Å². The van der Waals surface area contributed by atoms with Gasteiger partial charge in [-0.15, -0.1) is 0 Å². The maximum Gasteiger partial charge on any atom is 0.257 e. The van der Waals surface area contributed by atoms with Gasteiger partial charge in [0.05, 0.1) is 11.3 Å². The Hall–Kier alpha value is -1.27. The highest BCUT2D eigenvalue weighted by Crippen LogP contribution is 2.21. The summed E-state index contributed by atoms with van der Waals surface area (Å²) in [5, 5.41) is 3.29. The normalized spacial score (nSPS) is 10.1. The number of halogens is 2. The minimum atomic E-state index is -0.265. The van der Waals surface area contributed by atoms with Gasteiger partial charge in [-0.25, -0.2) is 0 Å². The fraction of sp³-hybridized carbons (Fsp3) is 0. The quantitative estimate of drug-likeness (QED) is 0.623. The number of carbonyl (C=O) groups is 1. The maximum absolute atomic E-state index is 12.1. The fourth-order valence-electron chi connectivity index (χ4n) is 1.48. The van der Waals surface area contributed by atoms with Gasteiger partial charge in [-0.1, -0.05) is 23.7 Å². The summed E-state index contributed by atoms with van der Waals surface area (Å²) in [6.07, 6.45) is 0. The minimum Gasteiger partial charge on any atom is -0.398 e. The number of benzene rings is 2. The molecule has 0 aromatic heterocycles. The Morgan fingerprint density at radius 3 is 2.67 bits per heavy atom. The molecule has 2 rings (SSSR count). The van der Waals surface area contributed by atoms with E-state index in [-0.39, 0.29) is 5.91 Å². The zero-order chi connectivity index (χ0) is 13.1. The van der Waals surface area contributed by atoms with E-state index in [0.29, 0.717) is 16.3 Å². The van der Waals surface area contributed by atoms with Crippen LogP contribution in [0.5, 0.6) is 0 Å². The van der Waals surface area contributed by atoms with Gasteiger partial charge in [0.2, 0.25) is 0 Å². The lowest BCUT2D eigenvalue weighted by atomic mass is 10.1. The van der Waals surface area contributed by atoms with Crippen LogP contribution in [0.2, 0.25) is 5.02 Å². The third-order valence-corrected chi connectivity index (χ3v) is 3.56. The Kier molecular flexibility index (Phi) is 4.08. The number of rotatable bonds is 2. The first-order valence-electron chi connectivity index (χ1n) is 5.19. The van der Waals surface area contributed by atoms with Crippen molar-refractivity contribution >= 4 is 51.5 Å². The van der Waals surface area contributed by atoms with Crippen molar-refractivity contribution in [1.29, 1.82) is 0 Å². The standard InChI is InChI=1S/C13H10ClIN2O/c14-8-5-6-11(16)9(7-8)13(18)17-12-4-2-1-3-10(12)15/h1-7H,16H2,(H,17,18). The van der Waals surface area contributed by atoms with Crippen molar-refractivity contribution in [3.05, 3.63) is 56.6 Å². The average Bonchev–Trinajstić information content (AvgIpc) is 2.35. The number of hydrogen-bond acceptors (Lipinski definition) is 2. The maximum atomic E-state index is 12.1. The van der Waals surface area contributed by atoms with Gasteiger partial charge < -0.3 is 11.1 Å². The molecule has 0 radical (unpaired) electrons. The van der Waals surface area contributed by atoms with Crippen molar-refractivity contribution in [2.45, 2.75) is 0 Å². The van der Waals surface area contributed by atoms with E-state index in [4.69, 9.17) is 17.3 Å². The van der Waals surface area contributed by atoms with Crippen LogP contribution in [0.4, 0.5) is 11.4 Å². The van der Waals surface area contributed by atoms with Gasteiger partial charge in [-0.3, -0.25) is 4.79 Å². The SMILES string of the molecule is Nc1ccc(Cl)cc1C(=O)Nc1ccccc1I. The van der Waals surface area contributed by atoms with Crippen molar-refractivity contribution in [2.75, 3.05) is 11.1 Å². The Labute approximate surface area is 123 Å². The average molecular weight is 373 g/mol. The molecule has 0 fully saturated rings. The lowest BCUT2D eigenvalue weighted by molar-refractivity contribution is 0.102. The molecular formula is C13H10ClIN2O. The van der Waals surface area contributed by atoms with Crippen LogP contribution < -0.4 is 11.1 Å². The lowest BCUT2D eigenvalue weighted by Gasteiger charge is -2.09. The summed E-state index contributed by atoms with van der Waals surface area (Å²) in [6, 6.07) is 12.3. The van der Waals surface area contributed by atoms with Gasteiger partial charge in [0, 0.05) is 14.3 Å². The number of carbonyl (C=O) groups excluding carboxylic acids is 1. The first kappa shape index (κ1) is 13.2. The van der Waals surface area contributed by atoms with Gasteiger partial charge in [0.15, 0.2) is 0 Å². The van der Waals surface area contributed by atoms with Crippen LogP contribution in [0.15, 0.2) is 42.5 Å². The molecule has 18 heavy (non-hydrogen) atoms. The summed E-state index contributed by atoms with van der Waals surface area (Å²) in [4.78, 5) is 12.1. The van der Waals surface area contributed by atoms with E-state index in [1.165, 1.54) is 0 Å². The number of nitrogens with two attached hydrogens (primary N) is 1. The molecule has 92 valence electrons. The molecule has 0 aliphatic carbocycles. The molecular weight excluding hydrogens is 363 g/mol. The Morgan fingerprint density at radius 2 is 1.94 bits per heavy atom. The molecule has 0 atom stereocenters. The lowest BCUT2D eigenvalue weighted by Crippen LogP contribution is -2.14. The topological polar surface area (TPSA) is 55.1 Å². The largest absolute Gasteiger partial charge is 0.398 e. The van der Waals surface area contributed by atoms with Crippen molar-refractivity contribution in [2.24, 2.45) is 0 Å². The molecule has 0 unspecified atom stereocenters. The van der Waals surface area contributed by atoms with E-state index >= 15 is 0 Å². The zero-order valence-electron chi connectivity index (χ0n) is 9.28. The van der Waals surface area contributed by atoms with Crippen LogP contribution in [-0.4, -0.2) is 5.91 Å². The summed E-state index contributed by atoms with van der Waals surface area (Å²) >= 11 is 8.01. The first-order chi connectivity index (χ1) is 8.58. The molecule has 5 heteroatoms. The molecule has 0 bridgehead atoms. The molecule has 0 aliphatic rings. The van der Waals surface area contributed by atoms with Gasteiger partial charge >= 0.3 is 0 Å². The highest BCUT2D eigenvalue weighted by atomic mass is 127. The van der Waals surface area contributed by atoms with E-state index < -0.39 is 0 Å². The summed E-state index contributed by atoms with van der Waals surface area (Å²) in [5.41, 5.74) is 7.30. The molecule has 0 heterocycles. The summed E-state index contributed by atoms with van der Waals surface area (Å²) in [5.74, 6) is -0.265. The smallest absolute Gasteiger partial charge is 0.257 e. The molecule has 3 nitrogen and oxygen atoms in total. The van der Waals surface area contributed by atoms with Gasteiger partial charge in [0.25, 0.3) is 5.91 Å². The van der Waals surface area contributed by atoms with Crippen LogP contribution in [-0.2, 0) is 0 Å². The molecule has 0 spiro atoms. The fourth-order valence-corrected chi connectivity index (χ4v) is 2.17. The Morgan fingerprint density at radius 1 is 1.22 bits per heavy atom. The van der Waals surface area contributed by atoms with E-state index in [1.54, 1.807) is 18.2 Å². The Balaban J connectivity index is 2.28. The van der Waals surface area contributed by atoms with Crippen molar-refractivity contribution in [1.82, 2.24) is 0 Å². The monoisotopic (exact) mass is 372 g/mol. The number of para-hydroxylation sites is 1. The van der Waals surface area contributed by atoms with Crippen LogP contribution in [0.1, 0.15) is 10.4 Å². The van der Waals surface area contributed by atoms with E-state index in [1.807, 2.05) is 24.3 Å². The van der Waals surface area contributed by atoms with E-state index in [0.717, 1.165) is 9.26 Å². The number of amides is 1. The number of hydrogen-bond donors (Lipinski definition) is 2. The number of anilines is 2. The van der Waals surface area contributed by atoms with Gasteiger partial charge in [-0.05, 0) is 52.9 Å². The first-order valence-corrected chi connectivity index (χ1v) is 6.64. The summed E-state index contributed by atoms with van der Waals surface area (Å²) < 4.78 is 0.962. The predicted octanol–water partition coefficient (Wildman–Crippen LogP) is 3.78. The highest BCUT2D eigenvalue weighted by Gasteiger charge is 2.11. The molecule has 2 aromatic carbocycles. The molecule has 2 aromatic rings. The second kappa shape index (κ2) is 5.58. The second-order valence-electron chi connectivity index (χ2n) is 3.67. The van der Waals surface area contributed by atoms with Crippen LogP contribution in [0.3, 0.4) is 0 Å². The molecule has 0 saturated heterocycles. The Bertz CT molecular complexity index is 601. The summed E-state index contributed by atoms with van der Waals surface area (Å²) in [6.45, 7) is 0. The number of nitrogens with one attached hydrogen (secondary N) is 1. The zero-order valence-corrected chi connectivity index (χ0v) is 12.2. The molecule has 0 aliphatic heterocycles. The number of nitrogen functional groups attached to an aromatic ring is 1. The minimum absolute atomic E-state index is 0.265. The van der Waals surface area contributed by atoms with E-state index in [2.05, 4.69) is 27.9 Å². The molecule has 3 N–H and O–H groups in total. The van der Waals surface area contributed by atoms with Gasteiger partial charge in [0.1, 0.15) is 0 Å². The third kappa shape index (κ3) is 2.94. The van der Waals surface area contributed by atoms with Crippen molar-refractivity contribution < 1.29 is 4.79 Å². The predicted molar refractivity (Wildman–Crippen MR) is 83.0 cm³/mol. The van der Waals surface area contributed by atoms with Gasteiger partial charge in [-0.2, -0.15) is 0 Å². The van der Waals surface area contributed by atoms with E-state index in [9.17, 15) is 4.79 Å².